The Kier molecular flexibility index (Phi) is 3.61. The summed E-state index contributed by atoms with van der Waals surface area (Å²) in [6.07, 6.45) is 0.667. The van der Waals surface area contributed by atoms with Gasteiger partial charge in [-0.1, -0.05) is 27.7 Å². The van der Waals surface area contributed by atoms with Crippen molar-refractivity contribution in [2.75, 3.05) is 6.54 Å². The van der Waals surface area contributed by atoms with Crippen LogP contribution in [-0.2, 0) is 9.59 Å². The van der Waals surface area contributed by atoms with E-state index >= 15 is 0 Å². The molecule has 4 heteroatoms. The summed E-state index contributed by atoms with van der Waals surface area (Å²) in [5.74, 6) is 0.000208. The van der Waals surface area contributed by atoms with Crippen LogP contribution < -0.4 is 5.32 Å². The lowest BCUT2D eigenvalue weighted by molar-refractivity contribution is -0.150. The molecule has 2 amide bonds. The molecule has 4 nitrogen and oxygen atoms in total. The first-order valence-corrected chi connectivity index (χ1v) is 5.87. The first-order valence-electron chi connectivity index (χ1n) is 5.87. The minimum atomic E-state index is -0.391. The van der Waals surface area contributed by atoms with E-state index in [1.165, 1.54) is 0 Å². The van der Waals surface area contributed by atoms with E-state index in [9.17, 15) is 9.59 Å². The summed E-state index contributed by atoms with van der Waals surface area (Å²) < 4.78 is 0. The number of hydrogen-bond donors (Lipinski definition) is 1. The van der Waals surface area contributed by atoms with Crippen molar-refractivity contribution in [2.24, 2.45) is 5.41 Å². The zero-order valence-electron chi connectivity index (χ0n) is 10.8. The Bertz CT molecular complexity index is 294. The van der Waals surface area contributed by atoms with Crippen molar-refractivity contribution in [3.8, 4) is 0 Å². The van der Waals surface area contributed by atoms with Gasteiger partial charge in [-0.3, -0.25) is 9.59 Å². The average Bonchev–Trinajstić information content (AvgIpc) is 2.12. The van der Waals surface area contributed by atoms with Crippen molar-refractivity contribution in [1.82, 2.24) is 10.2 Å². The molecule has 1 aliphatic heterocycles. The lowest BCUT2D eigenvalue weighted by Crippen LogP contribution is -2.63. The third-order valence-electron chi connectivity index (χ3n) is 2.72. The predicted molar refractivity (Wildman–Crippen MR) is 62.9 cm³/mol. The van der Waals surface area contributed by atoms with E-state index in [0.29, 0.717) is 13.0 Å². The lowest BCUT2D eigenvalue weighted by Gasteiger charge is -2.40. The summed E-state index contributed by atoms with van der Waals surface area (Å²) in [7, 11) is 0. The van der Waals surface area contributed by atoms with Crippen LogP contribution in [0.15, 0.2) is 0 Å². The maximum Gasteiger partial charge on any atom is 0.245 e. The van der Waals surface area contributed by atoms with Gasteiger partial charge in [-0.25, -0.2) is 0 Å². The van der Waals surface area contributed by atoms with Crippen LogP contribution in [0.2, 0.25) is 0 Å². The molecule has 0 aromatic carbocycles. The number of amides is 2. The highest BCUT2D eigenvalue weighted by Crippen LogP contribution is 2.21. The molecule has 16 heavy (non-hydrogen) atoms. The van der Waals surface area contributed by atoms with Gasteiger partial charge in [-0.2, -0.15) is 0 Å². The summed E-state index contributed by atoms with van der Waals surface area (Å²) in [5.41, 5.74) is 0.0143. The molecule has 2 atom stereocenters. The fourth-order valence-electron chi connectivity index (χ4n) is 2.02. The number of hydrogen-bond acceptors (Lipinski definition) is 2. The van der Waals surface area contributed by atoms with Crippen LogP contribution in [0.1, 0.15) is 41.0 Å². The monoisotopic (exact) mass is 226 g/mol. The lowest BCUT2D eigenvalue weighted by atomic mass is 9.93. The van der Waals surface area contributed by atoms with Crippen LogP contribution >= 0.6 is 0 Å². The van der Waals surface area contributed by atoms with Gasteiger partial charge in [0.05, 0.1) is 0 Å². The number of carbonyl (C=O) groups excluding carboxylic acids is 2. The molecule has 0 saturated carbocycles. The van der Waals surface area contributed by atoms with Crippen LogP contribution in [0, 0.1) is 5.41 Å². The molecular weight excluding hydrogens is 204 g/mol. The molecule has 92 valence electrons. The van der Waals surface area contributed by atoms with Crippen molar-refractivity contribution in [3.05, 3.63) is 0 Å². The molecule has 1 saturated heterocycles. The Hall–Kier alpha value is -1.06. The molecule has 0 radical (unpaired) electrons. The molecule has 1 rings (SSSR count). The van der Waals surface area contributed by atoms with Gasteiger partial charge in [-0.15, -0.1) is 0 Å². The Morgan fingerprint density at radius 3 is 2.31 bits per heavy atom. The van der Waals surface area contributed by atoms with Crippen LogP contribution in [0.5, 0.6) is 0 Å². The van der Waals surface area contributed by atoms with Gasteiger partial charge < -0.3 is 10.2 Å². The second-order valence-corrected chi connectivity index (χ2v) is 5.68. The SMILES string of the molecule is CCC1C(=O)NC(C)C(=O)N1CC(C)(C)C. The minimum Gasteiger partial charge on any atom is -0.343 e. The summed E-state index contributed by atoms with van der Waals surface area (Å²) in [5, 5.41) is 2.72. The van der Waals surface area contributed by atoms with E-state index in [2.05, 4.69) is 26.1 Å². The molecule has 2 unspecified atom stereocenters. The number of carbonyl (C=O) groups is 2. The molecular formula is C12H22N2O2. The summed E-state index contributed by atoms with van der Waals surface area (Å²) >= 11 is 0. The maximum atomic E-state index is 12.0. The van der Waals surface area contributed by atoms with Gasteiger partial charge in [-0.05, 0) is 18.8 Å². The van der Waals surface area contributed by atoms with E-state index in [0.717, 1.165) is 0 Å². The highest BCUT2D eigenvalue weighted by Gasteiger charge is 2.38. The topological polar surface area (TPSA) is 49.4 Å². The van der Waals surface area contributed by atoms with Crippen LogP contribution in [0.4, 0.5) is 0 Å². The fraction of sp³-hybridized carbons (Fsp3) is 0.833. The second-order valence-electron chi connectivity index (χ2n) is 5.68. The highest BCUT2D eigenvalue weighted by atomic mass is 16.2. The van der Waals surface area contributed by atoms with Gasteiger partial charge in [0, 0.05) is 6.54 Å². The average molecular weight is 226 g/mol. The number of rotatable bonds is 2. The zero-order valence-corrected chi connectivity index (χ0v) is 10.8. The first-order chi connectivity index (χ1) is 7.26. The van der Waals surface area contributed by atoms with E-state index < -0.39 is 6.04 Å². The first kappa shape index (κ1) is 13.0. The van der Waals surface area contributed by atoms with Gasteiger partial charge in [0.15, 0.2) is 0 Å². The predicted octanol–water partition coefficient (Wildman–Crippen LogP) is 1.16. The molecule has 0 spiro atoms. The summed E-state index contributed by atoms with van der Waals surface area (Å²) in [4.78, 5) is 25.5. The van der Waals surface area contributed by atoms with Crippen molar-refractivity contribution in [3.63, 3.8) is 0 Å². The Morgan fingerprint density at radius 1 is 1.31 bits per heavy atom. The molecule has 1 fully saturated rings. The molecule has 0 aromatic heterocycles. The molecule has 1 N–H and O–H groups in total. The van der Waals surface area contributed by atoms with E-state index in [1.807, 2.05) is 6.92 Å². The van der Waals surface area contributed by atoms with E-state index in [-0.39, 0.29) is 23.3 Å². The molecule has 0 aliphatic carbocycles. The third-order valence-corrected chi connectivity index (χ3v) is 2.72. The van der Waals surface area contributed by atoms with Gasteiger partial charge in [0.25, 0.3) is 0 Å². The van der Waals surface area contributed by atoms with Crippen LogP contribution in [-0.4, -0.2) is 35.3 Å². The van der Waals surface area contributed by atoms with Crippen molar-refractivity contribution in [1.29, 1.82) is 0 Å². The molecule has 1 aliphatic rings. The Labute approximate surface area is 97.4 Å². The molecule has 0 bridgehead atoms. The molecule has 0 aromatic rings. The van der Waals surface area contributed by atoms with Gasteiger partial charge in [0.1, 0.15) is 12.1 Å². The van der Waals surface area contributed by atoms with Crippen molar-refractivity contribution >= 4 is 11.8 Å². The van der Waals surface area contributed by atoms with Gasteiger partial charge in [0.2, 0.25) is 11.8 Å². The quantitative estimate of drug-likeness (QED) is 0.768. The zero-order chi connectivity index (χ0) is 12.5. The third kappa shape index (κ3) is 2.74. The summed E-state index contributed by atoms with van der Waals surface area (Å²) in [6.45, 7) is 10.5. The molecule has 1 heterocycles. The number of nitrogens with one attached hydrogen (secondary N) is 1. The van der Waals surface area contributed by atoms with Crippen molar-refractivity contribution in [2.45, 2.75) is 53.1 Å². The summed E-state index contributed by atoms with van der Waals surface area (Å²) in [6, 6.07) is -0.694. The van der Waals surface area contributed by atoms with Crippen LogP contribution in [0.3, 0.4) is 0 Å². The number of piperazine rings is 1. The van der Waals surface area contributed by atoms with Crippen molar-refractivity contribution < 1.29 is 9.59 Å². The maximum absolute atomic E-state index is 12.0. The Morgan fingerprint density at radius 2 is 1.88 bits per heavy atom. The largest absolute Gasteiger partial charge is 0.343 e. The minimum absolute atomic E-state index is 0.0143. The smallest absolute Gasteiger partial charge is 0.245 e. The standard InChI is InChI=1S/C12H22N2O2/c1-6-9-10(15)13-8(2)11(16)14(9)7-12(3,4)5/h8-9H,6-7H2,1-5H3,(H,13,15). The van der Waals surface area contributed by atoms with Crippen LogP contribution in [0.25, 0.3) is 0 Å². The Balaban J connectivity index is 2.89. The van der Waals surface area contributed by atoms with E-state index in [1.54, 1.807) is 11.8 Å². The van der Waals surface area contributed by atoms with E-state index in [4.69, 9.17) is 0 Å². The normalized spacial score (nSPS) is 26.9. The van der Waals surface area contributed by atoms with Gasteiger partial charge >= 0.3 is 0 Å². The second kappa shape index (κ2) is 4.44. The fourth-order valence-corrected chi connectivity index (χ4v) is 2.02. The number of nitrogens with zero attached hydrogens (tertiary/aromatic N) is 1. The highest BCUT2D eigenvalue weighted by molar-refractivity contribution is 5.96.